The SMILES string of the molecule is CC(C)(C)CC1=CC(=O)C(CC(C)(C)C)=CC1=O. The zero-order valence-electron chi connectivity index (χ0n) is 12.4. The first kappa shape index (κ1) is 14.9. The summed E-state index contributed by atoms with van der Waals surface area (Å²) in [6.07, 6.45) is 4.37. The lowest BCUT2D eigenvalue weighted by atomic mass is 9.80. The van der Waals surface area contributed by atoms with Gasteiger partial charge in [-0.25, -0.2) is 0 Å². The van der Waals surface area contributed by atoms with E-state index in [1.807, 2.05) is 0 Å². The fraction of sp³-hybridized carbons (Fsp3) is 0.625. The normalized spacial score (nSPS) is 17.7. The molecule has 2 nitrogen and oxygen atoms in total. The third kappa shape index (κ3) is 4.59. The summed E-state index contributed by atoms with van der Waals surface area (Å²) in [5, 5.41) is 0. The standard InChI is InChI=1S/C16H24O2/c1-15(2,3)9-11-7-14(18)12(8-13(11)17)10-16(4,5)6/h7-8H,9-10H2,1-6H3. The van der Waals surface area contributed by atoms with Crippen molar-refractivity contribution >= 4 is 11.6 Å². The average Bonchev–Trinajstić information content (AvgIpc) is 2.08. The maximum absolute atomic E-state index is 12.0. The Morgan fingerprint density at radius 2 is 1.00 bits per heavy atom. The number of ketones is 2. The highest BCUT2D eigenvalue weighted by Crippen LogP contribution is 2.30. The number of hydrogen-bond donors (Lipinski definition) is 0. The van der Waals surface area contributed by atoms with Gasteiger partial charge in [-0.1, -0.05) is 41.5 Å². The third-order valence-electron chi connectivity index (χ3n) is 2.69. The van der Waals surface area contributed by atoms with Gasteiger partial charge in [0, 0.05) is 11.1 Å². The highest BCUT2D eigenvalue weighted by molar-refractivity contribution is 6.19. The van der Waals surface area contributed by atoms with Gasteiger partial charge in [0.1, 0.15) is 0 Å². The van der Waals surface area contributed by atoms with Gasteiger partial charge in [0.05, 0.1) is 0 Å². The van der Waals surface area contributed by atoms with Gasteiger partial charge in [0.2, 0.25) is 0 Å². The quantitative estimate of drug-likeness (QED) is 0.695. The summed E-state index contributed by atoms with van der Waals surface area (Å²) >= 11 is 0. The van der Waals surface area contributed by atoms with Crippen LogP contribution in [0.1, 0.15) is 54.4 Å². The lowest BCUT2D eigenvalue weighted by Gasteiger charge is -2.23. The van der Waals surface area contributed by atoms with Crippen molar-refractivity contribution in [3.05, 3.63) is 23.3 Å². The Bertz CT molecular complexity index is 381. The summed E-state index contributed by atoms with van der Waals surface area (Å²) in [5.41, 5.74) is 1.34. The highest BCUT2D eigenvalue weighted by atomic mass is 16.1. The molecule has 100 valence electrons. The van der Waals surface area contributed by atoms with Gasteiger partial charge in [-0.05, 0) is 35.8 Å². The van der Waals surface area contributed by atoms with Crippen molar-refractivity contribution in [1.29, 1.82) is 0 Å². The van der Waals surface area contributed by atoms with Crippen LogP contribution in [0.2, 0.25) is 0 Å². The van der Waals surface area contributed by atoms with Gasteiger partial charge < -0.3 is 0 Å². The summed E-state index contributed by atoms with van der Waals surface area (Å²) in [7, 11) is 0. The van der Waals surface area contributed by atoms with Gasteiger partial charge >= 0.3 is 0 Å². The minimum atomic E-state index is 0.00350. The van der Waals surface area contributed by atoms with Crippen LogP contribution in [-0.4, -0.2) is 11.6 Å². The summed E-state index contributed by atoms with van der Waals surface area (Å²) in [5.74, 6) is 0.00699. The first-order valence-corrected chi connectivity index (χ1v) is 6.48. The predicted octanol–water partition coefficient (Wildman–Crippen LogP) is 3.86. The van der Waals surface area contributed by atoms with Crippen molar-refractivity contribution in [1.82, 2.24) is 0 Å². The van der Waals surface area contributed by atoms with Crippen LogP contribution in [0.15, 0.2) is 23.3 Å². The average molecular weight is 248 g/mol. The molecule has 1 aliphatic rings. The zero-order valence-corrected chi connectivity index (χ0v) is 12.4. The smallest absolute Gasteiger partial charge is 0.182 e. The van der Waals surface area contributed by atoms with Gasteiger partial charge in [-0.3, -0.25) is 9.59 Å². The minimum absolute atomic E-state index is 0.00350. The Morgan fingerprint density at radius 1 is 0.722 bits per heavy atom. The molecule has 0 N–H and O–H groups in total. The molecule has 0 saturated carbocycles. The summed E-state index contributed by atoms with van der Waals surface area (Å²) < 4.78 is 0. The molecule has 0 atom stereocenters. The predicted molar refractivity (Wildman–Crippen MR) is 74.3 cm³/mol. The molecule has 1 rings (SSSR count). The van der Waals surface area contributed by atoms with E-state index in [1.165, 1.54) is 12.2 Å². The Kier molecular flexibility index (Phi) is 3.99. The second kappa shape index (κ2) is 4.83. The van der Waals surface area contributed by atoms with E-state index in [9.17, 15) is 9.59 Å². The molecule has 0 unspecified atom stereocenters. The Hall–Kier alpha value is -1.18. The molecule has 0 amide bonds. The summed E-state index contributed by atoms with van der Waals surface area (Å²) in [6.45, 7) is 12.4. The van der Waals surface area contributed by atoms with E-state index < -0.39 is 0 Å². The molecular weight excluding hydrogens is 224 g/mol. The molecule has 0 aromatic heterocycles. The molecule has 18 heavy (non-hydrogen) atoms. The lowest BCUT2D eigenvalue weighted by Crippen LogP contribution is -2.20. The first-order chi connectivity index (χ1) is 7.98. The molecule has 0 radical (unpaired) electrons. The van der Waals surface area contributed by atoms with E-state index in [2.05, 4.69) is 41.5 Å². The molecule has 0 aromatic rings. The van der Waals surface area contributed by atoms with E-state index >= 15 is 0 Å². The van der Waals surface area contributed by atoms with E-state index in [1.54, 1.807) is 0 Å². The maximum atomic E-state index is 12.0. The van der Waals surface area contributed by atoms with Crippen molar-refractivity contribution in [2.45, 2.75) is 54.4 Å². The lowest BCUT2D eigenvalue weighted by molar-refractivity contribution is -0.115. The van der Waals surface area contributed by atoms with E-state index in [0.717, 1.165) is 0 Å². The van der Waals surface area contributed by atoms with Crippen molar-refractivity contribution in [2.24, 2.45) is 10.8 Å². The van der Waals surface area contributed by atoms with Crippen molar-refractivity contribution in [2.75, 3.05) is 0 Å². The van der Waals surface area contributed by atoms with Gasteiger partial charge in [-0.2, -0.15) is 0 Å². The number of carbonyl (C=O) groups is 2. The van der Waals surface area contributed by atoms with Gasteiger partial charge in [-0.15, -0.1) is 0 Å². The van der Waals surface area contributed by atoms with Crippen LogP contribution in [0.25, 0.3) is 0 Å². The molecule has 0 saturated heterocycles. The molecule has 0 aliphatic heterocycles. The molecular formula is C16H24O2. The summed E-state index contributed by atoms with van der Waals surface area (Å²) in [6, 6.07) is 0. The molecule has 0 heterocycles. The van der Waals surface area contributed by atoms with Gasteiger partial charge in [0.25, 0.3) is 0 Å². The van der Waals surface area contributed by atoms with Crippen LogP contribution in [0.3, 0.4) is 0 Å². The minimum Gasteiger partial charge on any atom is -0.290 e. The number of hydrogen-bond acceptors (Lipinski definition) is 2. The third-order valence-corrected chi connectivity index (χ3v) is 2.69. The van der Waals surface area contributed by atoms with Crippen LogP contribution in [0, 0.1) is 10.8 Å². The molecule has 0 spiro atoms. The Balaban J connectivity index is 2.88. The van der Waals surface area contributed by atoms with Crippen LogP contribution >= 0.6 is 0 Å². The topological polar surface area (TPSA) is 34.1 Å². The van der Waals surface area contributed by atoms with Crippen LogP contribution in [0.4, 0.5) is 0 Å². The zero-order chi connectivity index (χ0) is 14.1. The number of carbonyl (C=O) groups excluding carboxylic acids is 2. The fourth-order valence-electron chi connectivity index (χ4n) is 2.06. The largest absolute Gasteiger partial charge is 0.290 e. The molecule has 1 aliphatic carbocycles. The van der Waals surface area contributed by atoms with E-state index in [4.69, 9.17) is 0 Å². The van der Waals surface area contributed by atoms with Crippen molar-refractivity contribution in [3.8, 4) is 0 Å². The maximum Gasteiger partial charge on any atom is 0.182 e. The van der Waals surface area contributed by atoms with E-state index in [0.29, 0.717) is 24.0 Å². The molecule has 0 bridgehead atoms. The molecule has 0 fully saturated rings. The van der Waals surface area contributed by atoms with E-state index in [-0.39, 0.29) is 22.4 Å². The molecule has 0 aromatic carbocycles. The highest BCUT2D eigenvalue weighted by Gasteiger charge is 2.26. The summed E-state index contributed by atoms with van der Waals surface area (Å²) in [4.78, 5) is 24.0. The fourth-order valence-corrected chi connectivity index (χ4v) is 2.06. The van der Waals surface area contributed by atoms with Crippen LogP contribution in [-0.2, 0) is 9.59 Å². The number of rotatable bonds is 2. The Labute approximate surface area is 110 Å². The Morgan fingerprint density at radius 3 is 1.22 bits per heavy atom. The van der Waals surface area contributed by atoms with Gasteiger partial charge in [0.15, 0.2) is 11.6 Å². The number of allylic oxidation sites excluding steroid dienone is 4. The molecule has 2 heteroatoms. The second-order valence-corrected chi connectivity index (χ2v) is 7.54. The van der Waals surface area contributed by atoms with Crippen molar-refractivity contribution in [3.63, 3.8) is 0 Å². The first-order valence-electron chi connectivity index (χ1n) is 6.48. The monoisotopic (exact) mass is 248 g/mol. The van der Waals surface area contributed by atoms with Crippen molar-refractivity contribution < 1.29 is 9.59 Å². The van der Waals surface area contributed by atoms with Crippen LogP contribution in [0.5, 0.6) is 0 Å². The second-order valence-electron chi connectivity index (χ2n) is 7.54. The van der Waals surface area contributed by atoms with Crippen LogP contribution < -0.4 is 0 Å².